The highest BCUT2D eigenvalue weighted by Crippen LogP contribution is 2.38. The highest BCUT2D eigenvalue weighted by atomic mass is 35.5. The number of nitrogens with one attached hydrogen (secondary N) is 1. The van der Waals surface area contributed by atoms with E-state index in [1.54, 1.807) is 10.8 Å². The molecule has 4 aromatic rings. The number of halogens is 4. The lowest BCUT2D eigenvalue weighted by atomic mass is 10.1. The maximum absolute atomic E-state index is 13.2. The van der Waals surface area contributed by atoms with E-state index in [0.29, 0.717) is 17.0 Å². The van der Waals surface area contributed by atoms with Gasteiger partial charge in [0.15, 0.2) is 5.82 Å². The van der Waals surface area contributed by atoms with Crippen LogP contribution in [0.4, 0.5) is 13.2 Å². The fourth-order valence-corrected chi connectivity index (χ4v) is 3.28. The van der Waals surface area contributed by atoms with Crippen molar-refractivity contribution in [1.82, 2.24) is 19.5 Å². The first-order valence-corrected chi connectivity index (χ1v) is 8.63. The highest BCUT2D eigenvalue weighted by molar-refractivity contribution is 6.32. The van der Waals surface area contributed by atoms with Gasteiger partial charge < -0.3 is 4.98 Å². The van der Waals surface area contributed by atoms with E-state index in [4.69, 9.17) is 11.6 Å². The van der Waals surface area contributed by atoms with E-state index in [2.05, 4.69) is 21.9 Å². The molecule has 2 heterocycles. The SMILES string of the molecule is CCc1ccc(-n2c(-c3cnc[nH]3)nc3cc(C(F)(F)F)c(Cl)cc32)cc1. The monoisotopic (exact) mass is 390 g/mol. The average molecular weight is 391 g/mol. The number of alkyl halides is 3. The number of benzene rings is 2. The van der Waals surface area contributed by atoms with Crippen molar-refractivity contribution in [2.24, 2.45) is 0 Å². The zero-order valence-corrected chi connectivity index (χ0v) is 14.9. The third kappa shape index (κ3) is 3.08. The number of aromatic nitrogens is 4. The van der Waals surface area contributed by atoms with Crippen LogP contribution in [-0.2, 0) is 12.6 Å². The van der Waals surface area contributed by atoms with E-state index in [0.717, 1.165) is 23.7 Å². The van der Waals surface area contributed by atoms with E-state index in [9.17, 15) is 13.2 Å². The van der Waals surface area contributed by atoms with E-state index in [-0.39, 0.29) is 10.5 Å². The summed E-state index contributed by atoms with van der Waals surface area (Å²) in [7, 11) is 0. The van der Waals surface area contributed by atoms with Gasteiger partial charge in [-0.3, -0.25) is 4.57 Å². The minimum absolute atomic E-state index is 0.205. The summed E-state index contributed by atoms with van der Waals surface area (Å²) in [6.45, 7) is 2.05. The summed E-state index contributed by atoms with van der Waals surface area (Å²) in [5, 5.41) is -0.363. The summed E-state index contributed by atoms with van der Waals surface area (Å²) in [4.78, 5) is 11.4. The van der Waals surface area contributed by atoms with Gasteiger partial charge in [0.1, 0.15) is 5.69 Å². The Balaban J connectivity index is 2.02. The van der Waals surface area contributed by atoms with E-state index >= 15 is 0 Å². The summed E-state index contributed by atoms with van der Waals surface area (Å²) in [6.07, 6.45) is -0.594. The summed E-state index contributed by atoms with van der Waals surface area (Å²) >= 11 is 5.95. The van der Waals surface area contributed by atoms with Crippen LogP contribution in [0.25, 0.3) is 28.2 Å². The molecule has 27 heavy (non-hydrogen) atoms. The van der Waals surface area contributed by atoms with Crippen LogP contribution >= 0.6 is 11.6 Å². The predicted molar refractivity (Wildman–Crippen MR) is 98.0 cm³/mol. The first kappa shape index (κ1) is 17.6. The Labute approximate surface area is 157 Å². The van der Waals surface area contributed by atoms with Gasteiger partial charge >= 0.3 is 6.18 Å². The Morgan fingerprint density at radius 2 is 1.89 bits per heavy atom. The molecule has 0 aliphatic rings. The number of aromatic amines is 1. The summed E-state index contributed by atoms with van der Waals surface area (Å²) < 4.78 is 41.5. The van der Waals surface area contributed by atoms with Crippen molar-refractivity contribution < 1.29 is 13.2 Å². The predicted octanol–water partition coefficient (Wildman–Crippen LogP) is 5.65. The molecule has 1 N–H and O–H groups in total. The second-order valence-corrected chi connectivity index (χ2v) is 6.48. The van der Waals surface area contributed by atoms with Crippen LogP contribution in [0.3, 0.4) is 0 Å². The molecular formula is C19H14ClF3N4. The molecule has 0 aliphatic carbocycles. The van der Waals surface area contributed by atoms with Crippen molar-refractivity contribution in [2.75, 3.05) is 0 Å². The van der Waals surface area contributed by atoms with Gasteiger partial charge in [0.2, 0.25) is 0 Å². The number of rotatable bonds is 3. The van der Waals surface area contributed by atoms with E-state index < -0.39 is 11.7 Å². The van der Waals surface area contributed by atoms with Crippen molar-refractivity contribution in [1.29, 1.82) is 0 Å². The molecule has 0 radical (unpaired) electrons. The van der Waals surface area contributed by atoms with Crippen LogP contribution in [0.5, 0.6) is 0 Å². The number of aryl methyl sites for hydroxylation is 1. The third-order valence-electron chi connectivity index (χ3n) is 4.39. The molecule has 0 aliphatic heterocycles. The lowest BCUT2D eigenvalue weighted by Gasteiger charge is -2.11. The van der Waals surface area contributed by atoms with Crippen molar-refractivity contribution >= 4 is 22.6 Å². The third-order valence-corrected chi connectivity index (χ3v) is 4.70. The fourth-order valence-electron chi connectivity index (χ4n) is 3.02. The second kappa shape index (κ2) is 6.42. The number of hydrogen-bond donors (Lipinski definition) is 1. The largest absolute Gasteiger partial charge is 0.417 e. The Hall–Kier alpha value is -2.80. The van der Waals surface area contributed by atoms with Gasteiger partial charge in [-0.25, -0.2) is 9.97 Å². The molecule has 4 nitrogen and oxygen atoms in total. The molecule has 0 atom stereocenters. The van der Waals surface area contributed by atoms with Gasteiger partial charge in [-0.1, -0.05) is 30.7 Å². The Bertz CT molecular complexity index is 1100. The van der Waals surface area contributed by atoms with Gasteiger partial charge in [0, 0.05) is 5.69 Å². The maximum atomic E-state index is 13.2. The van der Waals surface area contributed by atoms with Crippen LogP contribution in [0, 0.1) is 0 Å². The Morgan fingerprint density at radius 3 is 2.48 bits per heavy atom. The van der Waals surface area contributed by atoms with Crippen LogP contribution < -0.4 is 0 Å². The lowest BCUT2D eigenvalue weighted by molar-refractivity contribution is -0.137. The van der Waals surface area contributed by atoms with Crippen LogP contribution in [0.15, 0.2) is 48.9 Å². The quantitative estimate of drug-likeness (QED) is 0.491. The standard InChI is InChI=1S/C19H14ClF3N4/c1-2-11-3-5-12(6-4-11)27-17-8-14(20)13(19(21,22)23)7-15(17)26-18(27)16-9-24-10-25-16/h3-10H,2H2,1H3,(H,24,25). The first-order chi connectivity index (χ1) is 12.9. The van der Waals surface area contributed by atoms with Gasteiger partial charge in [0.05, 0.1) is 34.1 Å². The van der Waals surface area contributed by atoms with Crippen molar-refractivity contribution in [3.05, 3.63) is 65.1 Å². The van der Waals surface area contributed by atoms with Crippen LogP contribution in [-0.4, -0.2) is 19.5 Å². The normalized spacial score (nSPS) is 12.0. The fraction of sp³-hybridized carbons (Fsp3) is 0.158. The topological polar surface area (TPSA) is 46.5 Å². The Morgan fingerprint density at radius 1 is 1.15 bits per heavy atom. The zero-order valence-electron chi connectivity index (χ0n) is 14.2. The molecule has 0 unspecified atom stereocenters. The Kier molecular flexibility index (Phi) is 4.19. The number of nitrogens with zero attached hydrogens (tertiary/aromatic N) is 3. The van der Waals surface area contributed by atoms with Crippen molar-refractivity contribution in [3.8, 4) is 17.2 Å². The van der Waals surface area contributed by atoms with Crippen LogP contribution in [0.1, 0.15) is 18.1 Å². The zero-order chi connectivity index (χ0) is 19.2. The number of imidazole rings is 2. The molecule has 2 aromatic heterocycles. The van der Waals surface area contributed by atoms with E-state index in [1.165, 1.54) is 12.4 Å². The molecule has 0 bridgehead atoms. The van der Waals surface area contributed by atoms with Crippen molar-refractivity contribution in [2.45, 2.75) is 19.5 Å². The average Bonchev–Trinajstić information content (AvgIpc) is 3.27. The van der Waals surface area contributed by atoms with Gasteiger partial charge in [0.25, 0.3) is 0 Å². The van der Waals surface area contributed by atoms with Gasteiger partial charge in [-0.05, 0) is 36.2 Å². The lowest BCUT2D eigenvalue weighted by Crippen LogP contribution is -2.06. The molecule has 0 saturated carbocycles. The number of hydrogen-bond acceptors (Lipinski definition) is 2. The second-order valence-electron chi connectivity index (χ2n) is 6.07. The van der Waals surface area contributed by atoms with Crippen molar-refractivity contribution in [3.63, 3.8) is 0 Å². The molecule has 0 spiro atoms. The summed E-state index contributed by atoms with van der Waals surface area (Å²) in [5.74, 6) is 0.460. The molecule has 0 saturated heterocycles. The first-order valence-electron chi connectivity index (χ1n) is 8.25. The van der Waals surface area contributed by atoms with E-state index in [1.807, 2.05) is 24.3 Å². The smallest absolute Gasteiger partial charge is 0.342 e. The minimum Gasteiger partial charge on any atom is -0.342 e. The highest BCUT2D eigenvalue weighted by Gasteiger charge is 2.34. The molecule has 0 amide bonds. The minimum atomic E-state index is -4.55. The molecule has 8 heteroatoms. The molecule has 0 fully saturated rings. The molecule has 138 valence electrons. The number of H-pyrrole nitrogens is 1. The number of fused-ring (bicyclic) bond motifs is 1. The molecular weight excluding hydrogens is 377 g/mol. The summed E-state index contributed by atoms with van der Waals surface area (Å²) in [5.41, 5.74) is 2.31. The molecule has 2 aromatic carbocycles. The van der Waals surface area contributed by atoms with Gasteiger partial charge in [-0.2, -0.15) is 13.2 Å². The molecule has 4 rings (SSSR count). The van der Waals surface area contributed by atoms with Gasteiger partial charge in [-0.15, -0.1) is 0 Å². The van der Waals surface area contributed by atoms with Crippen LogP contribution in [0.2, 0.25) is 5.02 Å². The maximum Gasteiger partial charge on any atom is 0.417 e. The summed E-state index contributed by atoms with van der Waals surface area (Å²) in [6, 6.07) is 10.1.